The smallest absolute Gasteiger partial charge is 0.341 e. The molecule has 0 aliphatic carbocycles. The Balaban J connectivity index is 3.08. The third-order valence-corrected chi connectivity index (χ3v) is 3.50. The lowest BCUT2D eigenvalue weighted by Gasteiger charge is -2.12. The van der Waals surface area contributed by atoms with Crippen molar-refractivity contribution in [2.45, 2.75) is 13.8 Å². The monoisotopic (exact) mass is 316 g/mol. The van der Waals surface area contributed by atoms with Crippen LogP contribution >= 0.6 is 23.2 Å². The molecule has 0 fully saturated rings. The molecule has 0 atom stereocenters. The van der Waals surface area contributed by atoms with Crippen molar-refractivity contribution in [3.63, 3.8) is 0 Å². The van der Waals surface area contributed by atoms with Crippen LogP contribution in [-0.4, -0.2) is 23.5 Å². The van der Waals surface area contributed by atoms with Crippen molar-refractivity contribution in [1.29, 1.82) is 0 Å². The molecule has 0 radical (unpaired) electrons. The maximum atomic E-state index is 12.2. The molecule has 6 heteroatoms. The van der Waals surface area contributed by atoms with E-state index in [-0.39, 0.29) is 33.1 Å². The highest BCUT2D eigenvalue weighted by Crippen LogP contribution is 2.36. The minimum atomic E-state index is -1.13. The van der Waals surface area contributed by atoms with E-state index in [1.807, 2.05) is 13.8 Å². The average molecular weight is 317 g/mol. The van der Waals surface area contributed by atoms with Crippen LogP contribution in [0.1, 0.15) is 24.2 Å². The van der Waals surface area contributed by atoms with E-state index in [0.29, 0.717) is 5.57 Å². The van der Waals surface area contributed by atoms with Crippen LogP contribution in [0.3, 0.4) is 0 Å². The number of carboxylic acids is 1. The lowest BCUT2D eigenvalue weighted by atomic mass is 9.96. The number of carboxylic acid groups (broad SMARTS) is 1. The van der Waals surface area contributed by atoms with Gasteiger partial charge in [0.25, 0.3) is 0 Å². The summed E-state index contributed by atoms with van der Waals surface area (Å²) in [6.45, 7) is 6.88. The van der Waals surface area contributed by atoms with E-state index in [1.54, 1.807) is 0 Å². The van der Waals surface area contributed by atoms with Crippen molar-refractivity contribution in [3.8, 4) is 5.75 Å². The second-order valence-corrected chi connectivity index (χ2v) is 5.19. The minimum absolute atomic E-state index is 0.00956. The lowest BCUT2D eigenvalue weighted by Crippen LogP contribution is -2.11. The standard InChI is InChI=1S/C14H14Cl2O4/c1-7(2)8(3)14(19)9-4-5-10(13(16)12(9)15)20-6-11(17)18/h4-5,7H,3,6H2,1-2H3,(H,17,18). The van der Waals surface area contributed by atoms with Crippen molar-refractivity contribution in [2.24, 2.45) is 5.92 Å². The Hall–Kier alpha value is -1.52. The predicted molar refractivity (Wildman–Crippen MR) is 77.9 cm³/mol. The molecule has 1 rings (SSSR count). The molecule has 0 saturated carbocycles. The number of hydrogen-bond acceptors (Lipinski definition) is 3. The zero-order valence-corrected chi connectivity index (χ0v) is 12.6. The minimum Gasteiger partial charge on any atom is -0.480 e. The van der Waals surface area contributed by atoms with Crippen molar-refractivity contribution >= 4 is 35.0 Å². The highest BCUT2D eigenvalue weighted by Gasteiger charge is 2.20. The Morgan fingerprint density at radius 1 is 1.30 bits per heavy atom. The number of Topliss-reactive ketones (excluding diaryl/α,β-unsaturated/α-hetero) is 1. The second kappa shape index (κ2) is 6.77. The van der Waals surface area contributed by atoms with Crippen LogP contribution in [0.5, 0.6) is 5.75 Å². The van der Waals surface area contributed by atoms with Crippen LogP contribution < -0.4 is 4.74 Å². The first-order chi connectivity index (χ1) is 9.25. The molecule has 0 spiro atoms. The molecule has 1 aromatic carbocycles. The summed E-state index contributed by atoms with van der Waals surface area (Å²) in [5, 5.41) is 8.58. The van der Waals surface area contributed by atoms with Crippen LogP contribution in [-0.2, 0) is 4.79 Å². The molecule has 0 aliphatic rings. The van der Waals surface area contributed by atoms with E-state index >= 15 is 0 Å². The molecule has 0 heterocycles. The number of halogens is 2. The van der Waals surface area contributed by atoms with Crippen LogP contribution in [0.25, 0.3) is 0 Å². The summed E-state index contributed by atoms with van der Waals surface area (Å²) in [6.07, 6.45) is 0. The van der Waals surface area contributed by atoms with E-state index < -0.39 is 12.6 Å². The maximum absolute atomic E-state index is 12.2. The van der Waals surface area contributed by atoms with E-state index in [2.05, 4.69) is 6.58 Å². The van der Waals surface area contributed by atoms with Gasteiger partial charge in [-0.3, -0.25) is 4.79 Å². The summed E-state index contributed by atoms with van der Waals surface area (Å²) < 4.78 is 4.97. The summed E-state index contributed by atoms with van der Waals surface area (Å²) in [6, 6.07) is 2.86. The molecule has 0 amide bonds. The highest BCUT2D eigenvalue weighted by atomic mass is 35.5. The zero-order chi connectivity index (χ0) is 15.4. The fraction of sp³-hybridized carbons (Fsp3) is 0.286. The summed E-state index contributed by atoms with van der Waals surface area (Å²) in [7, 11) is 0. The van der Waals surface area contributed by atoms with Gasteiger partial charge in [-0.2, -0.15) is 0 Å². The summed E-state index contributed by atoms with van der Waals surface area (Å²) >= 11 is 12.0. The number of ketones is 1. The molecular formula is C14H14Cl2O4. The van der Waals surface area contributed by atoms with Gasteiger partial charge in [-0.1, -0.05) is 43.6 Å². The number of ether oxygens (including phenoxy) is 1. The molecule has 4 nitrogen and oxygen atoms in total. The van der Waals surface area contributed by atoms with Gasteiger partial charge in [0, 0.05) is 5.56 Å². The third-order valence-electron chi connectivity index (χ3n) is 2.63. The van der Waals surface area contributed by atoms with E-state index in [9.17, 15) is 9.59 Å². The molecule has 20 heavy (non-hydrogen) atoms. The third kappa shape index (κ3) is 3.74. The predicted octanol–water partition coefficient (Wildman–Crippen LogP) is 3.85. The largest absolute Gasteiger partial charge is 0.480 e. The van der Waals surface area contributed by atoms with Gasteiger partial charge < -0.3 is 9.84 Å². The normalized spacial score (nSPS) is 10.4. The maximum Gasteiger partial charge on any atom is 0.341 e. The topological polar surface area (TPSA) is 63.6 Å². The fourth-order valence-corrected chi connectivity index (χ4v) is 1.85. The van der Waals surface area contributed by atoms with Crippen molar-refractivity contribution in [1.82, 2.24) is 0 Å². The Morgan fingerprint density at radius 3 is 2.40 bits per heavy atom. The van der Waals surface area contributed by atoms with Gasteiger partial charge in [0.05, 0.1) is 5.02 Å². The number of carbonyl (C=O) groups is 2. The summed E-state index contributed by atoms with van der Waals surface area (Å²) in [5.74, 6) is -1.33. The first-order valence-corrected chi connectivity index (χ1v) is 6.57. The van der Waals surface area contributed by atoms with Crippen molar-refractivity contribution in [3.05, 3.63) is 39.9 Å². The van der Waals surface area contributed by atoms with Crippen LogP contribution in [0, 0.1) is 5.92 Å². The van der Waals surface area contributed by atoms with Gasteiger partial charge >= 0.3 is 5.97 Å². The average Bonchev–Trinajstić information content (AvgIpc) is 2.38. The Morgan fingerprint density at radius 2 is 1.90 bits per heavy atom. The van der Waals surface area contributed by atoms with Crippen molar-refractivity contribution < 1.29 is 19.4 Å². The number of hydrogen-bond donors (Lipinski definition) is 1. The van der Waals surface area contributed by atoms with Gasteiger partial charge in [-0.15, -0.1) is 0 Å². The van der Waals surface area contributed by atoms with Crippen LogP contribution in [0.4, 0.5) is 0 Å². The van der Waals surface area contributed by atoms with Crippen molar-refractivity contribution in [2.75, 3.05) is 6.61 Å². The molecule has 0 bridgehead atoms. The zero-order valence-electron chi connectivity index (χ0n) is 11.1. The Kier molecular flexibility index (Phi) is 5.60. The van der Waals surface area contributed by atoms with Gasteiger partial charge in [0.15, 0.2) is 12.4 Å². The SMILES string of the molecule is C=C(C(=O)c1ccc(OCC(=O)O)c(Cl)c1Cl)C(C)C. The number of benzene rings is 1. The first-order valence-electron chi connectivity index (χ1n) is 5.81. The number of rotatable bonds is 6. The number of allylic oxidation sites excluding steroid dienone is 1. The van der Waals surface area contributed by atoms with Crippen LogP contribution in [0.15, 0.2) is 24.3 Å². The van der Waals surface area contributed by atoms with E-state index in [4.69, 9.17) is 33.0 Å². The molecule has 1 N–H and O–H groups in total. The quantitative estimate of drug-likeness (QED) is 0.639. The van der Waals surface area contributed by atoms with E-state index in [1.165, 1.54) is 12.1 Å². The molecule has 0 saturated heterocycles. The highest BCUT2D eigenvalue weighted by molar-refractivity contribution is 6.45. The van der Waals surface area contributed by atoms with E-state index in [0.717, 1.165) is 0 Å². The Bertz CT molecular complexity index is 565. The van der Waals surface area contributed by atoms with Gasteiger partial charge in [0.2, 0.25) is 0 Å². The molecule has 0 aromatic heterocycles. The number of aliphatic carboxylic acids is 1. The summed E-state index contributed by atoms with van der Waals surface area (Å²) in [5.41, 5.74) is 0.639. The van der Waals surface area contributed by atoms with Gasteiger partial charge in [-0.25, -0.2) is 4.79 Å². The summed E-state index contributed by atoms with van der Waals surface area (Å²) in [4.78, 5) is 22.6. The molecular weight excluding hydrogens is 303 g/mol. The fourth-order valence-electron chi connectivity index (χ4n) is 1.39. The van der Waals surface area contributed by atoms with Gasteiger partial charge in [0.1, 0.15) is 10.8 Å². The lowest BCUT2D eigenvalue weighted by molar-refractivity contribution is -0.139. The Labute approximate surface area is 126 Å². The molecule has 0 aliphatic heterocycles. The van der Waals surface area contributed by atoms with Gasteiger partial charge in [-0.05, 0) is 23.6 Å². The second-order valence-electron chi connectivity index (χ2n) is 4.43. The first kappa shape index (κ1) is 16.5. The molecule has 108 valence electrons. The van der Waals surface area contributed by atoms with Crippen LogP contribution in [0.2, 0.25) is 10.0 Å². The number of carbonyl (C=O) groups excluding carboxylic acids is 1. The molecule has 0 unspecified atom stereocenters. The molecule has 1 aromatic rings.